The van der Waals surface area contributed by atoms with Gasteiger partial charge in [0.2, 0.25) is 0 Å². The van der Waals surface area contributed by atoms with Gasteiger partial charge in [0.25, 0.3) is 11.5 Å². The predicted octanol–water partition coefficient (Wildman–Crippen LogP) is 2.58. The number of ether oxygens (including phenoxy) is 1. The molecule has 1 aliphatic heterocycles. The van der Waals surface area contributed by atoms with E-state index in [1.807, 2.05) is 0 Å². The minimum atomic E-state index is -2.22. The van der Waals surface area contributed by atoms with Gasteiger partial charge in [-0.3, -0.25) is 4.79 Å². The highest BCUT2D eigenvalue weighted by Crippen LogP contribution is 2.61. The van der Waals surface area contributed by atoms with Crippen molar-refractivity contribution in [1.82, 2.24) is 0 Å². The number of benzene rings is 2. The second kappa shape index (κ2) is 5.23. The Morgan fingerprint density at radius 2 is 1.65 bits per heavy atom. The summed E-state index contributed by atoms with van der Waals surface area (Å²) in [5.74, 6) is -2.57. The summed E-state index contributed by atoms with van der Waals surface area (Å²) in [7, 11) is 0. The van der Waals surface area contributed by atoms with Crippen LogP contribution < -0.4 is 5.73 Å². The normalized spacial score (nSPS) is 25.8. The molecular weight excluding hydrogens is 341 g/mol. The number of carboxylic acids is 1. The zero-order chi connectivity index (χ0) is 16.8. The van der Waals surface area contributed by atoms with Gasteiger partial charge in [0, 0.05) is 15.6 Å². The monoisotopic (exact) mass is 351 g/mol. The van der Waals surface area contributed by atoms with Crippen LogP contribution in [-0.4, -0.2) is 22.6 Å². The molecule has 2 aromatic carbocycles. The zero-order valence-corrected chi connectivity index (χ0v) is 13.1. The first-order chi connectivity index (χ1) is 10.9. The highest BCUT2D eigenvalue weighted by molar-refractivity contribution is 6.32. The number of epoxide rings is 1. The lowest BCUT2D eigenvalue weighted by atomic mass is 9.80. The van der Waals surface area contributed by atoms with Crippen molar-refractivity contribution >= 4 is 35.1 Å². The van der Waals surface area contributed by atoms with Gasteiger partial charge < -0.3 is 15.6 Å². The Hall–Kier alpha value is -2.08. The van der Waals surface area contributed by atoms with Gasteiger partial charge in [0.15, 0.2) is 5.60 Å². The van der Waals surface area contributed by atoms with Gasteiger partial charge in [-0.15, -0.1) is 0 Å². The number of hydrogen-bond donors (Lipinski definition) is 2. The molecule has 5 nitrogen and oxygen atoms in total. The molecule has 0 saturated carbocycles. The summed E-state index contributed by atoms with van der Waals surface area (Å²) in [6.45, 7) is 0. The number of amides is 1. The van der Waals surface area contributed by atoms with E-state index in [0.29, 0.717) is 16.1 Å². The molecule has 1 amide bonds. The first-order valence-electron chi connectivity index (χ1n) is 6.61. The zero-order valence-electron chi connectivity index (χ0n) is 11.6. The number of nitrogens with two attached hydrogens (primary N) is 1. The van der Waals surface area contributed by atoms with Crippen molar-refractivity contribution in [1.29, 1.82) is 0 Å². The van der Waals surface area contributed by atoms with Gasteiger partial charge >= 0.3 is 5.97 Å². The van der Waals surface area contributed by atoms with Crippen LogP contribution in [0.15, 0.2) is 48.5 Å². The third-order valence-electron chi connectivity index (χ3n) is 3.91. The van der Waals surface area contributed by atoms with Crippen molar-refractivity contribution in [3.63, 3.8) is 0 Å². The molecule has 7 heteroatoms. The number of halogens is 2. The van der Waals surface area contributed by atoms with E-state index in [0.717, 1.165) is 0 Å². The topological polar surface area (TPSA) is 92.9 Å². The lowest BCUT2D eigenvalue weighted by molar-refractivity contribution is -0.147. The van der Waals surface area contributed by atoms with E-state index in [1.165, 1.54) is 0 Å². The molecule has 1 saturated heterocycles. The summed E-state index contributed by atoms with van der Waals surface area (Å²) in [4.78, 5) is 23.7. The number of carbonyl (C=O) groups excluding carboxylic acids is 1. The molecule has 2 atom stereocenters. The van der Waals surface area contributed by atoms with Crippen LogP contribution in [0.1, 0.15) is 11.1 Å². The van der Waals surface area contributed by atoms with E-state index in [2.05, 4.69) is 0 Å². The molecule has 118 valence electrons. The molecule has 2 aromatic rings. The summed E-state index contributed by atoms with van der Waals surface area (Å²) in [6.07, 6.45) is 0. The fourth-order valence-corrected chi connectivity index (χ4v) is 3.22. The first kappa shape index (κ1) is 15.8. The smallest absolute Gasteiger partial charge is 0.349 e. The van der Waals surface area contributed by atoms with Gasteiger partial charge in [0.05, 0.1) is 0 Å². The molecule has 0 aliphatic carbocycles. The molecule has 23 heavy (non-hydrogen) atoms. The summed E-state index contributed by atoms with van der Waals surface area (Å²) >= 11 is 12.1. The minimum Gasteiger partial charge on any atom is -0.479 e. The first-order valence-corrected chi connectivity index (χ1v) is 7.36. The van der Waals surface area contributed by atoms with Crippen LogP contribution in [0.25, 0.3) is 0 Å². The summed E-state index contributed by atoms with van der Waals surface area (Å²) in [6, 6.07) is 12.9. The molecule has 0 spiro atoms. The van der Waals surface area contributed by atoms with Gasteiger partial charge in [-0.1, -0.05) is 53.5 Å². The number of rotatable bonds is 4. The van der Waals surface area contributed by atoms with Crippen molar-refractivity contribution in [3.05, 3.63) is 69.7 Å². The Morgan fingerprint density at radius 1 is 1.04 bits per heavy atom. The number of aliphatic carboxylic acids is 1. The lowest BCUT2D eigenvalue weighted by Crippen LogP contribution is -2.45. The number of primary amides is 1. The molecular formula is C16H11Cl2NO4. The van der Waals surface area contributed by atoms with Crippen molar-refractivity contribution < 1.29 is 19.4 Å². The molecule has 1 heterocycles. The van der Waals surface area contributed by atoms with Crippen LogP contribution in [0.2, 0.25) is 10.0 Å². The maximum Gasteiger partial charge on any atom is 0.349 e. The number of carbonyl (C=O) groups is 2. The molecule has 1 aliphatic rings. The van der Waals surface area contributed by atoms with Crippen molar-refractivity contribution in [2.75, 3.05) is 0 Å². The van der Waals surface area contributed by atoms with E-state index in [9.17, 15) is 14.7 Å². The maximum absolute atomic E-state index is 11.9. The van der Waals surface area contributed by atoms with E-state index in [4.69, 9.17) is 33.7 Å². The van der Waals surface area contributed by atoms with Crippen LogP contribution >= 0.6 is 23.2 Å². The third-order valence-corrected chi connectivity index (χ3v) is 4.49. The molecule has 0 aromatic heterocycles. The van der Waals surface area contributed by atoms with Gasteiger partial charge in [-0.2, -0.15) is 0 Å². The quantitative estimate of drug-likeness (QED) is 0.653. The Labute approximate surface area is 141 Å². The Balaban J connectivity index is 2.29. The van der Waals surface area contributed by atoms with Gasteiger partial charge in [0.1, 0.15) is 0 Å². The summed E-state index contributed by atoms with van der Waals surface area (Å²) in [5, 5.41) is 10.3. The standard InChI is InChI=1S/C16H11Cl2NO4/c17-10-7-5-9(6-8-10)15(11-3-1-2-4-12(11)18)16(23-15,13(19)20)14(21)22/h1-8H,(H2,19,20)(H,21,22)/t15-,16+/m1/s1. The highest BCUT2D eigenvalue weighted by atomic mass is 35.5. The van der Waals surface area contributed by atoms with Crippen molar-refractivity contribution in [2.24, 2.45) is 5.73 Å². The fraction of sp³-hybridized carbons (Fsp3) is 0.125. The Morgan fingerprint density at radius 3 is 2.13 bits per heavy atom. The third kappa shape index (κ3) is 2.05. The average molecular weight is 352 g/mol. The van der Waals surface area contributed by atoms with E-state index < -0.39 is 23.1 Å². The largest absolute Gasteiger partial charge is 0.479 e. The Kier molecular flexibility index (Phi) is 3.59. The SMILES string of the molecule is NC(=O)[C@@]1(C(=O)O)O[C@]1(c1ccc(Cl)cc1)c1ccccc1Cl. The van der Waals surface area contributed by atoms with E-state index in [-0.39, 0.29) is 5.02 Å². The second-order valence-corrected chi connectivity index (χ2v) is 5.96. The summed E-state index contributed by atoms with van der Waals surface area (Å²) in [5.41, 5.74) is 2.32. The van der Waals surface area contributed by atoms with Crippen LogP contribution in [0.5, 0.6) is 0 Å². The molecule has 0 unspecified atom stereocenters. The second-order valence-electron chi connectivity index (χ2n) is 5.12. The predicted molar refractivity (Wildman–Crippen MR) is 84.3 cm³/mol. The molecule has 0 radical (unpaired) electrons. The summed E-state index contributed by atoms with van der Waals surface area (Å²) < 4.78 is 5.51. The maximum atomic E-state index is 11.9. The van der Waals surface area contributed by atoms with Crippen molar-refractivity contribution in [2.45, 2.75) is 11.2 Å². The molecule has 1 fully saturated rings. The van der Waals surface area contributed by atoms with Crippen LogP contribution in [0.3, 0.4) is 0 Å². The molecule has 0 bridgehead atoms. The lowest BCUT2D eigenvalue weighted by Gasteiger charge is -2.18. The fourth-order valence-electron chi connectivity index (χ4n) is 2.82. The Bertz CT molecular complexity index is 792. The van der Waals surface area contributed by atoms with E-state index >= 15 is 0 Å². The minimum absolute atomic E-state index is 0.270. The number of hydrogen-bond acceptors (Lipinski definition) is 3. The molecule has 3 N–H and O–H groups in total. The van der Waals surface area contributed by atoms with Crippen LogP contribution in [-0.2, 0) is 19.9 Å². The number of carboxylic acid groups (broad SMARTS) is 1. The van der Waals surface area contributed by atoms with Crippen LogP contribution in [0, 0.1) is 0 Å². The average Bonchev–Trinajstić information content (AvgIpc) is 3.21. The highest BCUT2D eigenvalue weighted by Gasteiger charge is 2.81. The molecule has 3 rings (SSSR count). The van der Waals surface area contributed by atoms with Crippen molar-refractivity contribution in [3.8, 4) is 0 Å². The van der Waals surface area contributed by atoms with Crippen LogP contribution in [0.4, 0.5) is 0 Å². The van der Waals surface area contributed by atoms with Gasteiger partial charge in [-0.25, -0.2) is 4.79 Å². The van der Waals surface area contributed by atoms with Gasteiger partial charge in [-0.05, 0) is 23.8 Å². The van der Waals surface area contributed by atoms with E-state index in [1.54, 1.807) is 48.5 Å².